The van der Waals surface area contributed by atoms with E-state index in [1.807, 2.05) is 0 Å². The summed E-state index contributed by atoms with van der Waals surface area (Å²) < 4.78 is 0. The van der Waals surface area contributed by atoms with Crippen LogP contribution in [0, 0.1) is 11.3 Å². The molecule has 0 saturated carbocycles. The molecule has 0 aromatic heterocycles. The quantitative estimate of drug-likeness (QED) is 0.438. The molecule has 0 aliphatic rings. The number of hydrazine groups is 1. The van der Waals surface area contributed by atoms with Gasteiger partial charge in [0, 0.05) is 0 Å². The maximum absolute atomic E-state index is 4.00. The Labute approximate surface area is 64.9 Å². The molecule has 0 heterocycles. The zero-order valence-corrected chi connectivity index (χ0v) is 7.94. The molecule has 2 nitrogen and oxygen atoms in total. The molecule has 10 heavy (non-hydrogen) atoms. The highest BCUT2D eigenvalue weighted by Gasteiger charge is 2.16. The van der Waals surface area contributed by atoms with Crippen molar-refractivity contribution in [3.8, 4) is 0 Å². The van der Waals surface area contributed by atoms with E-state index in [1.165, 1.54) is 6.42 Å². The van der Waals surface area contributed by atoms with Crippen LogP contribution in [0.1, 0.15) is 41.0 Å². The Bertz CT molecular complexity index is 64.1. The van der Waals surface area contributed by atoms with E-state index < -0.39 is 0 Å². The molecule has 2 heteroatoms. The van der Waals surface area contributed by atoms with E-state index in [9.17, 15) is 0 Å². The van der Waals surface area contributed by atoms with Crippen LogP contribution >= 0.6 is 0 Å². The van der Waals surface area contributed by atoms with Crippen LogP contribution in [-0.4, -0.2) is 0 Å². The monoisotopic (exact) mass is 146 g/mol. The molecule has 0 aliphatic heterocycles. The van der Waals surface area contributed by atoms with Gasteiger partial charge in [-0.2, -0.15) is 0 Å². The SMILES string of the molecule is CCC(C)C(C)(C)C.NN. The Hall–Kier alpha value is -0.0800. The number of hydrogen-bond acceptors (Lipinski definition) is 2. The molecule has 0 bridgehead atoms. The minimum atomic E-state index is 0.509. The lowest BCUT2D eigenvalue weighted by Crippen LogP contribution is -2.15. The molecule has 1 atom stereocenters. The van der Waals surface area contributed by atoms with Gasteiger partial charge in [-0.25, -0.2) is 0 Å². The molecular weight excluding hydrogens is 124 g/mol. The predicted octanol–water partition coefficient (Wildman–Crippen LogP) is 1.90. The van der Waals surface area contributed by atoms with Crippen molar-refractivity contribution in [3.63, 3.8) is 0 Å². The highest BCUT2D eigenvalue weighted by atomic mass is 15.0. The van der Waals surface area contributed by atoms with Gasteiger partial charge in [-0.15, -0.1) is 0 Å². The van der Waals surface area contributed by atoms with E-state index >= 15 is 0 Å². The fourth-order valence-corrected chi connectivity index (χ4v) is 0.612. The van der Waals surface area contributed by atoms with Gasteiger partial charge in [0.25, 0.3) is 0 Å². The molecule has 0 aromatic rings. The third kappa shape index (κ3) is 6.05. The van der Waals surface area contributed by atoms with E-state index in [4.69, 9.17) is 0 Å². The summed E-state index contributed by atoms with van der Waals surface area (Å²) in [5, 5.41) is 0. The lowest BCUT2D eigenvalue weighted by atomic mass is 9.81. The molecule has 0 aromatic carbocycles. The maximum Gasteiger partial charge on any atom is -0.0357 e. The maximum atomic E-state index is 4.00. The Morgan fingerprint density at radius 3 is 1.50 bits per heavy atom. The van der Waals surface area contributed by atoms with Crippen molar-refractivity contribution < 1.29 is 0 Å². The van der Waals surface area contributed by atoms with Crippen LogP contribution in [0.4, 0.5) is 0 Å². The normalized spacial score (nSPS) is 13.5. The number of nitrogens with two attached hydrogens (primary N) is 2. The molecule has 0 rings (SSSR count). The van der Waals surface area contributed by atoms with Gasteiger partial charge in [0.1, 0.15) is 0 Å². The van der Waals surface area contributed by atoms with Gasteiger partial charge in [0.15, 0.2) is 0 Å². The fourth-order valence-electron chi connectivity index (χ4n) is 0.612. The summed E-state index contributed by atoms with van der Waals surface area (Å²) in [6.07, 6.45) is 1.30. The minimum Gasteiger partial charge on any atom is -0.274 e. The largest absolute Gasteiger partial charge is 0.274 e. The highest BCUT2D eigenvalue weighted by molar-refractivity contribution is 4.67. The standard InChI is InChI=1S/C8H18.H4N2/c1-6-7(2)8(3,4)5;1-2/h7H,6H2,1-5H3;1-2H2. The van der Waals surface area contributed by atoms with E-state index in [2.05, 4.69) is 46.3 Å². The Kier molecular flexibility index (Phi) is 7.15. The summed E-state index contributed by atoms with van der Waals surface area (Å²) in [5.41, 5.74) is 0.509. The topological polar surface area (TPSA) is 52.0 Å². The molecule has 4 N–H and O–H groups in total. The summed E-state index contributed by atoms with van der Waals surface area (Å²) in [6.45, 7) is 11.4. The van der Waals surface area contributed by atoms with Crippen LogP contribution < -0.4 is 11.7 Å². The van der Waals surface area contributed by atoms with Crippen LogP contribution in [0.3, 0.4) is 0 Å². The summed E-state index contributed by atoms with van der Waals surface area (Å²) in [4.78, 5) is 0. The van der Waals surface area contributed by atoms with Gasteiger partial charge >= 0.3 is 0 Å². The first-order valence-electron chi connectivity index (χ1n) is 3.81. The Balaban J connectivity index is 0. The van der Waals surface area contributed by atoms with Gasteiger partial charge in [0.2, 0.25) is 0 Å². The summed E-state index contributed by atoms with van der Waals surface area (Å²) in [5.74, 6) is 8.85. The first-order valence-corrected chi connectivity index (χ1v) is 3.81. The van der Waals surface area contributed by atoms with Crippen molar-refractivity contribution in [2.45, 2.75) is 41.0 Å². The summed E-state index contributed by atoms with van der Waals surface area (Å²) in [7, 11) is 0. The Morgan fingerprint density at radius 1 is 1.20 bits per heavy atom. The van der Waals surface area contributed by atoms with Gasteiger partial charge in [0.05, 0.1) is 0 Å². The van der Waals surface area contributed by atoms with Crippen molar-refractivity contribution in [1.29, 1.82) is 0 Å². The molecule has 0 fully saturated rings. The smallest absolute Gasteiger partial charge is 0.0357 e. The zero-order chi connectivity index (χ0) is 8.78. The number of rotatable bonds is 1. The molecule has 0 radical (unpaired) electrons. The van der Waals surface area contributed by atoms with E-state index in [-0.39, 0.29) is 0 Å². The highest BCUT2D eigenvalue weighted by Crippen LogP contribution is 2.27. The Morgan fingerprint density at radius 2 is 1.50 bits per heavy atom. The predicted molar refractivity (Wildman–Crippen MR) is 47.3 cm³/mol. The second kappa shape index (κ2) is 5.69. The van der Waals surface area contributed by atoms with Crippen molar-refractivity contribution >= 4 is 0 Å². The second-order valence-electron chi connectivity index (χ2n) is 3.68. The van der Waals surface area contributed by atoms with Crippen LogP contribution in [0.25, 0.3) is 0 Å². The first kappa shape index (κ1) is 12.6. The molecule has 0 aliphatic carbocycles. The molecule has 64 valence electrons. The summed E-state index contributed by atoms with van der Waals surface area (Å²) >= 11 is 0. The van der Waals surface area contributed by atoms with Crippen molar-refractivity contribution in [2.75, 3.05) is 0 Å². The van der Waals surface area contributed by atoms with Crippen LogP contribution in [-0.2, 0) is 0 Å². The van der Waals surface area contributed by atoms with Crippen molar-refractivity contribution in [1.82, 2.24) is 0 Å². The lowest BCUT2D eigenvalue weighted by molar-refractivity contribution is 0.254. The zero-order valence-electron chi connectivity index (χ0n) is 7.94. The third-order valence-corrected chi connectivity index (χ3v) is 2.09. The van der Waals surface area contributed by atoms with Crippen LogP contribution in [0.5, 0.6) is 0 Å². The second-order valence-corrected chi connectivity index (χ2v) is 3.68. The van der Waals surface area contributed by atoms with Gasteiger partial charge in [-0.05, 0) is 11.3 Å². The molecule has 0 spiro atoms. The number of hydrogen-bond donors (Lipinski definition) is 2. The van der Waals surface area contributed by atoms with Crippen molar-refractivity contribution in [3.05, 3.63) is 0 Å². The van der Waals surface area contributed by atoms with Gasteiger partial charge in [-0.3, -0.25) is 11.7 Å². The van der Waals surface area contributed by atoms with Gasteiger partial charge in [-0.1, -0.05) is 41.0 Å². The fraction of sp³-hybridized carbons (Fsp3) is 1.00. The third-order valence-electron chi connectivity index (χ3n) is 2.09. The molecule has 0 saturated heterocycles. The molecule has 0 amide bonds. The first-order chi connectivity index (χ1) is 4.48. The lowest BCUT2D eigenvalue weighted by Gasteiger charge is -2.25. The van der Waals surface area contributed by atoms with E-state index in [0.29, 0.717) is 5.41 Å². The van der Waals surface area contributed by atoms with Crippen LogP contribution in [0.2, 0.25) is 0 Å². The molecule has 1 unspecified atom stereocenters. The van der Waals surface area contributed by atoms with E-state index in [1.54, 1.807) is 0 Å². The minimum absolute atomic E-state index is 0.509. The summed E-state index contributed by atoms with van der Waals surface area (Å²) in [6, 6.07) is 0. The molecular formula is C8H22N2. The average molecular weight is 146 g/mol. The van der Waals surface area contributed by atoms with Crippen LogP contribution in [0.15, 0.2) is 0 Å². The van der Waals surface area contributed by atoms with Gasteiger partial charge < -0.3 is 0 Å². The van der Waals surface area contributed by atoms with E-state index in [0.717, 1.165) is 5.92 Å². The van der Waals surface area contributed by atoms with Crippen molar-refractivity contribution in [2.24, 2.45) is 23.0 Å². The average Bonchev–Trinajstić information content (AvgIpc) is 1.89.